The summed E-state index contributed by atoms with van der Waals surface area (Å²) in [6.07, 6.45) is 4.57. The molecule has 0 bridgehead atoms. The molecule has 4 heteroatoms. The number of phenolic OH excluding ortho intramolecular Hbond substituents is 1. The molecular weight excluding hydrogens is 306 g/mol. The fourth-order valence-corrected chi connectivity index (χ4v) is 3.44. The van der Waals surface area contributed by atoms with Gasteiger partial charge in [-0.15, -0.1) is 0 Å². The maximum absolute atomic E-state index is 12.3. The van der Waals surface area contributed by atoms with Gasteiger partial charge in [0.2, 0.25) is 0 Å². The Balaban J connectivity index is 2.09. The third-order valence-corrected chi connectivity index (χ3v) is 4.65. The van der Waals surface area contributed by atoms with Crippen LogP contribution in [-0.4, -0.2) is 22.4 Å². The molecule has 19 heavy (non-hydrogen) atoms. The molecule has 0 radical (unpaired) electrons. The first kappa shape index (κ1) is 14.4. The van der Waals surface area contributed by atoms with Crippen molar-refractivity contribution in [3.05, 3.63) is 29.3 Å². The van der Waals surface area contributed by atoms with Gasteiger partial charge in [0.1, 0.15) is 5.75 Å². The molecule has 1 aromatic carbocycles. The lowest BCUT2D eigenvalue weighted by Gasteiger charge is -2.31. The number of aryl methyl sites for hydroxylation is 1. The van der Waals surface area contributed by atoms with Gasteiger partial charge in [-0.1, -0.05) is 40.4 Å². The van der Waals surface area contributed by atoms with Crippen molar-refractivity contribution < 1.29 is 9.90 Å². The Labute approximate surface area is 122 Å². The van der Waals surface area contributed by atoms with Crippen LogP contribution in [0.25, 0.3) is 0 Å². The predicted molar refractivity (Wildman–Crippen MR) is 79.9 cm³/mol. The zero-order valence-electron chi connectivity index (χ0n) is 11.2. The predicted octanol–water partition coefficient (Wildman–Crippen LogP) is 3.38. The van der Waals surface area contributed by atoms with Crippen molar-refractivity contribution in [2.75, 3.05) is 5.33 Å². The van der Waals surface area contributed by atoms with E-state index in [-0.39, 0.29) is 17.7 Å². The molecule has 2 unspecified atom stereocenters. The standard InChI is InChI=1S/C15H20BrNO2/c1-10-6-7-14(18)12(8-10)15(19)17-13-5-3-2-4-11(13)9-16/h6-8,11,13,18H,2-5,9H2,1H3,(H,17,19). The van der Waals surface area contributed by atoms with Crippen LogP contribution < -0.4 is 5.32 Å². The lowest BCUT2D eigenvalue weighted by molar-refractivity contribution is 0.0909. The van der Waals surface area contributed by atoms with E-state index >= 15 is 0 Å². The quantitative estimate of drug-likeness (QED) is 0.837. The maximum atomic E-state index is 12.3. The van der Waals surface area contributed by atoms with Crippen LogP contribution in [-0.2, 0) is 0 Å². The summed E-state index contributed by atoms with van der Waals surface area (Å²) < 4.78 is 0. The lowest BCUT2D eigenvalue weighted by Crippen LogP contribution is -2.42. The maximum Gasteiger partial charge on any atom is 0.255 e. The average Bonchev–Trinajstić information content (AvgIpc) is 2.42. The van der Waals surface area contributed by atoms with E-state index in [9.17, 15) is 9.90 Å². The van der Waals surface area contributed by atoms with Crippen LogP contribution in [0, 0.1) is 12.8 Å². The molecule has 0 aliphatic heterocycles. The van der Waals surface area contributed by atoms with Crippen molar-refractivity contribution >= 4 is 21.8 Å². The van der Waals surface area contributed by atoms with Gasteiger partial charge in [0.15, 0.2) is 0 Å². The monoisotopic (exact) mass is 325 g/mol. The molecule has 2 N–H and O–H groups in total. The second-order valence-electron chi connectivity index (χ2n) is 5.30. The smallest absolute Gasteiger partial charge is 0.255 e. The minimum atomic E-state index is -0.168. The van der Waals surface area contributed by atoms with Crippen molar-refractivity contribution in [3.63, 3.8) is 0 Å². The minimum absolute atomic E-state index is 0.0503. The number of nitrogens with one attached hydrogen (secondary N) is 1. The number of hydrogen-bond donors (Lipinski definition) is 2. The molecule has 0 heterocycles. The van der Waals surface area contributed by atoms with E-state index in [4.69, 9.17) is 0 Å². The Morgan fingerprint density at radius 1 is 1.42 bits per heavy atom. The van der Waals surface area contributed by atoms with Gasteiger partial charge in [0.25, 0.3) is 5.91 Å². The fraction of sp³-hybridized carbons (Fsp3) is 0.533. The van der Waals surface area contributed by atoms with Crippen molar-refractivity contribution in [2.24, 2.45) is 5.92 Å². The number of aromatic hydroxyl groups is 1. The molecule has 1 saturated carbocycles. The number of rotatable bonds is 3. The van der Waals surface area contributed by atoms with Crippen LogP contribution in [0.2, 0.25) is 0 Å². The molecule has 1 fully saturated rings. The Kier molecular flexibility index (Phi) is 4.86. The van der Waals surface area contributed by atoms with Crippen molar-refractivity contribution in [1.29, 1.82) is 0 Å². The molecule has 1 aliphatic rings. The molecular formula is C15H20BrNO2. The number of carbonyl (C=O) groups is 1. The summed E-state index contributed by atoms with van der Waals surface area (Å²) in [6.45, 7) is 1.91. The van der Waals surface area contributed by atoms with E-state index in [0.29, 0.717) is 11.5 Å². The Hall–Kier alpha value is -1.03. The van der Waals surface area contributed by atoms with Gasteiger partial charge < -0.3 is 10.4 Å². The third kappa shape index (κ3) is 3.50. The van der Waals surface area contributed by atoms with E-state index in [1.807, 2.05) is 6.92 Å². The number of halogens is 1. The largest absolute Gasteiger partial charge is 0.507 e. The molecule has 0 spiro atoms. The topological polar surface area (TPSA) is 49.3 Å². The van der Waals surface area contributed by atoms with E-state index in [0.717, 1.165) is 30.2 Å². The Morgan fingerprint density at radius 2 is 2.16 bits per heavy atom. The number of benzene rings is 1. The number of alkyl halides is 1. The third-order valence-electron chi connectivity index (χ3n) is 3.82. The van der Waals surface area contributed by atoms with Crippen LogP contribution in [0.1, 0.15) is 41.6 Å². The van der Waals surface area contributed by atoms with Gasteiger partial charge in [-0.3, -0.25) is 4.79 Å². The second-order valence-corrected chi connectivity index (χ2v) is 5.95. The number of amides is 1. The van der Waals surface area contributed by atoms with Crippen molar-refractivity contribution in [2.45, 2.75) is 38.6 Å². The number of carbonyl (C=O) groups excluding carboxylic acids is 1. The SMILES string of the molecule is Cc1ccc(O)c(C(=O)NC2CCCCC2CBr)c1. The van der Waals surface area contributed by atoms with Crippen molar-refractivity contribution in [3.8, 4) is 5.75 Å². The molecule has 1 aliphatic carbocycles. The highest BCUT2D eigenvalue weighted by Gasteiger charge is 2.26. The lowest BCUT2D eigenvalue weighted by atomic mass is 9.85. The number of hydrogen-bond acceptors (Lipinski definition) is 2. The van der Waals surface area contributed by atoms with Crippen LogP contribution in [0.3, 0.4) is 0 Å². The van der Waals surface area contributed by atoms with Gasteiger partial charge in [0.05, 0.1) is 5.56 Å². The fourth-order valence-electron chi connectivity index (χ4n) is 2.66. The van der Waals surface area contributed by atoms with Crippen molar-refractivity contribution in [1.82, 2.24) is 5.32 Å². The van der Waals surface area contributed by atoms with Crippen LogP contribution >= 0.6 is 15.9 Å². The molecule has 3 nitrogen and oxygen atoms in total. The molecule has 2 rings (SSSR count). The summed E-state index contributed by atoms with van der Waals surface area (Å²) in [5, 5.41) is 13.8. The van der Waals surface area contributed by atoms with Gasteiger partial charge in [-0.05, 0) is 37.8 Å². The Morgan fingerprint density at radius 3 is 2.89 bits per heavy atom. The highest BCUT2D eigenvalue weighted by atomic mass is 79.9. The second kappa shape index (κ2) is 6.42. The molecule has 1 amide bonds. The first-order valence-corrected chi connectivity index (χ1v) is 7.90. The van der Waals surface area contributed by atoms with Gasteiger partial charge in [0, 0.05) is 11.4 Å². The summed E-state index contributed by atoms with van der Waals surface area (Å²) >= 11 is 3.52. The minimum Gasteiger partial charge on any atom is -0.507 e. The van der Waals surface area contributed by atoms with E-state index in [1.54, 1.807) is 18.2 Å². The molecule has 1 aromatic rings. The molecule has 2 atom stereocenters. The van der Waals surface area contributed by atoms with Crippen LogP contribution in [0.4, 0.5) is 0 Å². The zero-order chi connectivity index (χ0) is 13.8. The average molecular weight is 326 g/mol. The van der Waals surface area contributed by atoms with Crippen LogP contribution in [0.15, 0.2) is 18.2 Å². The van der Waals surface area contributed by atoms with E-state index in [2.05, 4.69) is 21.2 Å². The summed E-state index contributed by atoms with van der Waals surface area (Å²) in [7, 11) is 0. The van der Waals surface area contributed by atoms with Gasteiger partial charge >= 0.3 is 0 Å². The molecule has 0 saturated heterocycles. The number of phenols is 1. The van der Waals surface area contributed by atoms with E-state index < -0.39 is 0 Å². The molecule has 104 valence electrons. The zero-order valence-corrected chi connectivity index (χ0v) is 12.7. The Bertz CT molecular complexity index is 461. The van der Waals surface area contributed by atoms with Crippen LogP contribution in [0.5, 0.6) is 5.75 Å². The highest BCUT2D eigenvalue weighted by Crippen LogP contribution is 2.27. The van der Waals surface area contributed by atoms with E-state index in [1.165, 1.54) is 6.42 Å². The summed E-state index contributed by atoms with van der Waals surface area (Å²) in [5.41, 5.74) is 1.35. The normalized spacial score (nSPS) is 23.1. The highest BCUT2D eigenvalue weighted by molar-refractivity contribution is 9.09. The summed E-state index contributed by atoms with van der Waals surface area (Å²) in [6, 6.07) is 5.32. The molecule has 0 aromatic heterocycles. The summed E-state index contributed by atoms with van der Waals surface area (Å²) in [5.74, 6) is 0.373. The first-order chi connectivity index (χ1) is 9.11. The van der Waals surface area contributed by atoms with Gasteiger partial charge in [-0.2, -0.15) is 0 Å². The van der Waals surface area contributed by atoms with Gasteiger partial charge in [-0.25, -0.2) is 0 Å². The first-order valence-electron chi connectivity index (χ1n) is 6.78. The summed E-state index contributed by atoms with van der Waals surface area (Å²) in [4.78, 5) is 12.3.